The summed E-state index contributed by atoms with van der Waals surface area (Å²) in [4.78, 5) is 10.6. The van der Waals surface area contributed by atoms with Gasteiger partial charge in [-0.2, -0.15) is 0 Å². The molecule has 1 aromatic carbocycles. The molecule has 1 aliphatic rings. The van der Waals surface area contributed by atoms with Crippen molar-refractivity contribution in [1.82, 2.24) is 0 Å². The van der Waals surface area contributed by atoms with E-state index in [9.17, 15) is 10.1 Å². The Kier molecular flexibility index (Phi) is 4.22. The molecule has 1 aliphatic carbocycles. The van der Waals surface area contributed by atoms with E-state index in [2.05, 4.69) is 28.2 Å². The number of benzene rings is 1. The molecule has 1 atom stereocenters. The highest BCUT2D eigenvalue weighted by Gasteiger charge is 2.23. The number of rotatable bonds is 4. The highest BCUT2D eigenvalue weighted by atomic mass is 79.9. The third-order valence-corrected chi connectivity index (χ3v) is 4.14. The van der Waals surface area contributed by atoms with Gasteiger partial charge in [0.2, 0.25) is 0 Å². The lowest BCUT2D eigenvalue weighted by Crippen LogP contribution is -2.24. The fraction of sp³-hybridized carbons (Fsp3) is 0.538. The summed E-state index contributed by atoms with van der Waals surface area (Å²) in [6.07, 6.45) is 4.99. The SMILES string of the molecule is CC(Nc1cc(Br)ccc1[N+](=O)[O-])C1CCCC1. The van der Waals surface area contributed by atoms with Crippen LogP contribution in [0.25, 0.3) is 0 Å². The minimum atomic E-state index is -0.337. The zero-order valence-corrected chi connectivity index (χ0v) is 11.9. The fourth-order valence-electron chi connectivity index (χ4n) is 2.60. The Bertz CT molecular complexity index is 445. The standard InChI is InChI=1S/C13H17BrN2O2/c1-9(10-4-2-3-5-10)15-12-8-11(14)6-7-13(12)16(17)18/h6-10,15H,2-5H2,1H3. The van der Waals surface area contributed by atoms with E-state index in [1.807, 2.05) is 0 Å². The first-order chi connectivity index (χ1) is 8.58. The van der Waals surface area contributed by atoms with Gasteiger partial charge in [-0.15, -0.1) is 0 Å². The van der Waals surface area contributed by atoms with Crippen LogP contribution in [-0.4, -0.2) is 11.0 Å². The molecule has 0 spiro atoms. The van der Waals surface area contributed by atoms with Gasteiger partial charge in [-0.3, -0.25) is 10.1 Å². The first kappa shape index (κ1) is 13.3. The molecule has 98 valence electrons. The highest BCUT2D eigenvalue weighted by molar-refractivity contribution is 9.10. The van der Waals surface area contributed by atoms with Gasteiger partial charge in [0.05, 0.1) is 4.92 Å². The zero-order chi connectivity index (χ0) is 13.1. The van der Waals surface area contributed by atoms with Crippen molar-refractivity contribution in [2.75, 3.05) is 5.32 Å². The van der Waals surface area contributed by atoms with E-state index in [0.717, 1.165) is 4.47 Å². The molecule has 4 nitrogen and oxygen atoms in total. The van der Waals surface area contributed by atoms with Gasteiger partial charge in [0.1, 0.15) is 5.69 Å². The summed E-state index contributed by atoms with van der Waals surface area (Å²) >= 11 is 3.36. The van der Waals surface area contributed by atoms with Gasteiger partial charge in [-0.25, -0.2) is 0 Å². The largest absolute Gasteiger partial charge is 0.377 e. The minimum absolute atomic E-state index is 0.142. The summed E-state index contributed by atoms with van der Waals surface area (Å²) in [7, 11) is 0. The Labute approximate surface area is 115 Å². The predicted molar refractivity (Wildman–Crippen MR) is 75.8 cm³/mol. The number of anilines is 1. The second-order valence-corrected chi connectivity index (χ2v) is 5.81. The molecule has 0 aromatic heterocycles. The van der Waals surface area contributed by atoms with Crippen molar-refractivity contribution in [3.05, 3.63) is 32.8 Å². The number of hydrogen-bond acceptors (Lipinski definition) is 3. The van der Waals surface area contributed by atoms with Crippen molar-refractivity contribution in [2.24, 2.45) is 5.92 Å². The molecule has 0 bridgehead atoms. The van der Waals surface area contributed by atoms with Crippen LogP contribution in [0.15, 0.2) is 22.7 Å². The summed E-state index contributed by atoms with van der Waals surface area (Å²) < 4.78 is 0.856. The molecular weight excluding hydrogens is 296 g/mol. The molecule has 2 rings (SSSR count). The van der Waals surface area contributed by atoms with Gasteiger partial charge in [0.25, 0.3) is 5.69 Å². The minimum Gasteiger partial charge on any atom is -0.377 e. The Morgan fingerprint density at radius 3 is 2.72 bits per heavy atom. The first-order valence-electron chi connectivity index (χ1n) is 6.28. The quantitative estimate of drug-likeness (QED) is 0.664. The second kappa shape index (κ2) is 5.69. The molecule has 1 saturated carbocycles. The maximum absolute atomic E-state index is 11.0. The van der Waals surface area contributed by atoms with Crippen LogP contribution < -0.4 is 5.32 Å². The topological polar surface area (TPSA) is 55.2 Å². The van der Waals surface area contributed by atoms with E-state index in [0.29, 0.717) is 11.6 Å². The van der Waals surface area contributed by atoms with E-state index < -0.39 is 0 Å². The van der Waals surface area contributed by atoms with Crippen LogP contribution in [-0.2, 0) is 0 Å². The van der Waals surface area contributed by atoms with Crippen LogP contribution in [0, 0.1) is 16.0 Å². The molecule has 18 heavy (non-hydrogen) atoms. The number of nitrogens with one attached hydrogen (secondary N) is 1. The van der Waals surface area contributed by atoms with E-state index in [-0.39, 0.29) is 16.7 Å². The van der Waals surface area contributed by atoms with Crippen LogP contribution in [0.2, 0.25) is 0 Å². The van der Waals surface area contributed by atoms with E-state index in [1.165, 1.54) is 31.7 Å². The van der Waals surface area contributed by atoms with E-state index in [4.69, 9.17) is 0 Å². The molecule has 0 saturated heterocycles. The number of nitro groups is 1. The van der Waals surface area contributed by atoms with E-state index >= 15 is 0 Å². The molecule has 1 aromatic rings. The monoisotopic (exact) mass is 312 g/mol. The molecule has 0 amide bonds. The first-order valence-corrected chi connectivity index (χ1v) is 7.07. The van der Waals surface area contributed by atoms with Crippen molar-refractivity contribution in [1.29, 1.82) is 0 Å². The maximum Gasteiger partial charge on any atom is 0.292 e. The second-order valence-electron chi connectivity index (χ2n) is 4.90. The number of nitrogens with zero attached hydrogens (tertiary/aromatic N) is 1. The fourth-order valence-corrected chi connectivity index (χ4v) is 2.96. The van der Waals surface area contributed by atoms with Crippen LogP contribution in [0.5, 0.6) is 0 Å². The van der Waals surface area contributed by atoms with Crippen LogP contribution >= 0.6 is 15.9 Å². The Morgan fingerprint density at radius 2 is 2.11 bits per heavy atom. The molecule has 0 heterocycles. The van der Waals surface area contributed by atoms with Gasteiger partial charge in [0.15, 0.2) is 0 Å². The highest BCUT2D eigenvalue weighted by Crippen LogP contribution is 2.33. The summed E-state index contributed by atoms with van der Waals surface area (Å²) in [6.45, 7) is 2.11. The summed E-state index contributed by atoms with van der Waals surface area (Å²) in [5, 5.41) is 14.3. The van der Waals surface area contributed by atoms with Gasteiger partial charge < -0.3 is 5.32 Å². The Hall–Kier alpha value is -1.10. The number of hydrogen-bond donors (Lipinski definition) is 1. The van der Waals surface area contributed by atoms with Crippen LogP contribution in [0.4, 0.5) is 11.4 Å². The van der Waals surface area contributed by atoms with Crippen molar-refractivity contribution in [2.45, 2.75) is 38.6 Å². The van der Waals surface area contributed by atoms with Crippen molar-refractivity contribution in [3.8, 4) is 0 Å². The normalized spacial score (nSPS) is 17.7. The maximum atomic E-state index is 11.0. The van der Waals surface area contributed by atoms with Gasteiger partial charge in [-0.05, 0) is 37.8 Å². The molecule has 1 N–H and O–H groups in total. The summed E-state index contributed by atoms with van der Waals surface area (Å²) in [5.41, 5.74) is 0.747. The molecular formula is C13H17BrN2O2. The lowest BCUT2D eigenvalue weighted by Gasteiger charge is -2.21. The lowest BCUT2D eigenvalue weighted by atomic mass is 9.99. The summed E-state index contributed by atoms with van der Waals surface area (Å²) in [5.74, 6) is 0.628. The molecule has 0 radical (unpaired) electrons. The number of nitro benzene ring substituents is 1. The summed E-state index contributed by atoms with van der Waals surface area (Å²) in [6, 6.07) is 5.29. The van der Waals surface area contributed by atoms with Gasteiger partial charge in [0, 0.05) is 16.6 Å². The van der Waals surface area contributed by atoms with Crippen LogP contribution in [0.3, 0.4) is 0 Å². The molecule has 1 fully saturated rings. The average Bonchev–Trinajstić information content (AvgIpc) is 2.81. The average molecular weight is 313 g/mol. The van der Waals surface area contributed by atoms with Crippen molar-refractivity contribution < 1.29 is 4.92 Å². The molecule has 1 unspecified atom stereocenters. The molecule has 5 heteroatoms. The van der Waals surface area contributed by atoms with Gasteiger partial charge in [-0.1, -0.05) is 28.8 Å². The smallest absolute Gasteiger partial charge is 0.292 e. The lowest BCUT2D eigenvalue weighted by molar-refractivity contribution is -0.384. The number of halogens is 1. The molecule has 0 aliphatic heterocycles. The van der Waals surface area contributed by atoms with Crippen molar-refractivity contribution >= 4 is 27.3 Å². The Morgan fingerprint density at radius 1 is 1.44 bits per heavy atom. The predicted octanol–water partition coefficient (Wildman–Crippen LogP) is 4.35. The van der Waals surface area contributed by atoms with Crippen molar-refractivity contribution in [3.63, 3.8) is 0 Å². The van der Waals surface area contributed by atoms with Gasteiger partial charge >= 0.3 is 0 Å². The van der Waals surface area contributed by atoms with E-state index in [1.54, 1.807) is 12.1 Å². The zero-order valence-electron chi connectivity index (χ0n) is 10.4. The Balaban J connectivity index is 2.16. The third-order valence-electron chi connectivity index (χ3n) is 3.65. The van der Waals surface area contributed by atoms with Crippen LogP contribution in [0.1, 0.15) is 32.6 Å². The third kappa shape index (κ3) is 3.02.